The molecule has 0 aliphatic rings. The summed E-state index contributed by atoms with van der Waals surface area (Å²) in [5.41, 5.74) is 7.04. The molecule has 0 fully saturated rings. The predicted octanol–water partition coefficient (Wildman–Crippen LogP) is 2.53. The number of benzene rings is 2. The first kappa shape index (κ1) is 22.3. The average Bonchev–Trinajstić information content (AvgIpc) is 2.72. The first-order chi connectivity index (χ1) is 13.9. The zero-order valence-electron chi connectivity index (χ0n) is 16.6. The van der Waals surface area contributed by atoms with Crippen molar-refractivity contribution in [3.05, 3.63) is 59.2 Å². The molecule has 8 heteroatoms. The number of hydrogen-bond acceptors (Lipinski definition) is 6. The maximum Gasteiger partial charge on any atom is 0.248 e. The van der Waals surface area contributed by atoms with Crippen molar-refractivity contribution in [2.45, 2.75) is 19.1 Å². The largest absolute Gasteiger partial charge is 0.497 e. The topological polar surface area (TPSA) is 93.7 Å². The summed E-state index contributed by atoms with van der Waals surface area (Å²) in [6, 6.07) is 12.3. The number of amides is 2. The standard InChI is InChI=1S/C21H24N2O5S/c1-14(24)16-6-9-19(28-3)17(11-16)12-29-13-21(26)23-22-20(25)10-15-4-7-18(27-2)8-5-15/h4-9,11H,10,12-13H2,1-3H3,(H,22,25)(H,23,26). The maximum atomic E-state index is 12.0. The maximum absolute atomic E-state index is 12.0. The highest BCUT2D eigenvalue weighted by Gasteiger charge is 2.10. The summed E-state index contributed by atoms with van der Waals surface area (Å²) in [7, 11) is 3.13. The van der Waals surface area contributed by atoms with Gasteiger partial charge in [0.2, 0.25) is 11.8 Å². The minimum atomic E-state index is -0.320. The van der Waals surface area contributed by atoms with Gasteiger partial charge in [-0.2, -0.15) is 0 Å². The molecule has 0 aliphatic carbocycles. The van der Waals surface area contributed by atoms with Gasteiger partial charge in [-0.15, -0.1) is 11.8 Å². The minimum absolute atomic E-state index is 0.0313. The van der Waals surface area contributed by atoms with Crippen LogP contribution in [0.3, 0.4) is 0 Å². The summed E-state index contributed by atoms with van der Waals surface area (Å²) in [6.45, 7) is 1.50. The van der Waals surface area contributed by atoms with Gasteiger partial charge >= 0.3 is 0 Å². The molecule has 0 bridgehead atoms. The summed E-state index contributed by atoms with van der Waals surface area (Å²) in [4.78, 5) is 35.4. The molecule has 154 valence electrons. The van der Waals surface area contributed by atoms with Crippen molar-refractivity contribution in [1.82, 2.24) is 10.9 Å². The monoisotopic (exact) mass is 416 g/mol. The summed E-state index contributed by atoms with van der Waals surface area (Å²) in [5, 5.41) is 0. The second-order valence-electron chi connectivity index (χ2n) is 6.20. The number of carbonyl (C=O) groups is 3. The molecule has 0 saturated heterocycles. The van der Waals surface area contributed by atoms with Crippen molar-refractivity contribution in [3.63, 3.8) is 0 Å². The second kappa shape index (κ2) is 11.1. The first-order valence-corrected chi connectivity index (χ1v) is 10.0. The fourth-order valence-electron chi connectivity index (χ4n) is 2.51. The van der Waals surface area contributed by atoms with E-state index in [0.29, 0.717) is 22.8 Å². The molecule has 2 rings (SSSR count). The van der Waals surface area contributed by atoms with Crippen LogP contribution in [0.1, 0.15) is 28.4 Å². The number of hydrazine groups is 1. The van der Waals surface area contributed by atoms with E-state index in [0.717, 1.165) is 11.1 Å². The highest BCUT2D eigenvalue weighted by Crippen LogP contribution is 2.24. The molecule has 0 atom stereocenters. The summed E-state index contributed by atoms with van der Waals surface area (Å²) >= 11 is 1.36. The Kier molecular flexibility index (Phi) is 8.54. The van der Waals surface area contributed by atoms with Gasteiger partial charge in [0.25, 0.3) is 0 Å². The van der Waals surface area contributed by atoms with Gasteiger partial charge in [-0.1, -0.05) is 12.1 Å². The fourth-order valence-corrected chi connectivity index (χ4v) is 3.32. The predicted molar refractivity (Wildman–Crippen MR) is 112 cm³/mol. The number of methoxy groups -OCH3 is 2. The molecule has 0 aliphatic heterocycles. The number of carbonyl (C=O) groups excluding carboxylic acids is 3. The molecule has 2 aromatic carbocycles. The molecule has 0 spiro atoms. The van der Waals surface area contributed by atoms with E-state index in [1.54, 1.807) is 56.7 Å². The third kappa shape index (κ3) is 7.15. The Morgan fingerprint density at radius 3 is 2.24 bits per heavy atom. The van der Waals surface area contributed by atoms with Crippen LogP contribution in [0, 0.1) is 0 Å². The van der Waals surface area contributed by atoms with Crippen LogP contribution in [0.15, 0.2) is 42.5 Å². The van der Waals surface area contributed by atoms with Gasteiger partial charge in [-0.25, -0.2) is 0 Å². The molecule has 0 radical (unpaired) electrons. The van der Waals surface area contributed by atoms with Crippen LogP contribution in [0.5, 0.6) is 11.5 Å². The van der Waals surface area contributed by atoms with E-state index < -0.39 is 0 Å². The highest BCUT2D eigenvalue weighted by molar-refractivity contribution is 7.99. The highest BCUT2D eigenvalue weighted by atomic mass is 32.2. The molecule has 0 aromatic heterocycles. The quantitative estimate of drug-likeness (QED) is 0.482. The van der Waals surface area contributed by atoms with E-state index in [2.05, 4.69) is 10.9 Å². The smallest absolute Gasteiger partial charge is 0.248 e. The van der Waals surface area contributed by atoms with Gasteiger partial charge in [0.15, 0.2) is 5.78 Å². The third-order valence-corrected chi connectivity index (χ3v) is 5.02. The van der Waals surface area contributed by atoms with E-state index in [-0.39, 0.29) is 29.8 Å². The Morgan fingerprint density at radius 2 is 1.62 bits per heavy atom. The third-order valence-electron chi connectivity index (χ3n) is 4.04. The minimum Gasteiger partial charge on any atom is -0.497 e. The molecule has 0 saturated carbocycles. The lowest BCUT2D eigenvalue weighted by Gasteiger charge is -2.10. The molecule has 2 N–H and O–H groups in total. The molecule has 0 heterocycles. The van der Waals surface area contributed by atoms with E-state index in [1.807, 2.05) is 0 Å². The summed E-state index contributed by atoms with van der Waals surface area (Å²) in [6.07, 6.45) is 0.145. The molecule has 2 aromatic rings. The van der Waals surface area contributed by atoms with E-state index in [1.165, 1.54) is 18.7 Å². The van der Waals surface area contributed by atoms with Crippen molar-refractivity contribution in [2.75, 3.05) is 20.0 Å². The van der Waals surface area contributed by atoms with Crippen LogP contribution in [-0.4, -0.2) is 37.6 Å². The average molecular weight is 416 g/mol. The number of thioether (sulfide) groups is 1. The van der Waals surface area contributed by atoms with Crippen LogP contribution < -0.4 is 20.3 Å². The van der Waals surface area contributed by atoms with Gasteiger partial charge in [0.05, 0.1) is 26.4 Å². The lowest BCUT2D eigenvalue weighted by atomic mass is 10.1. The van der Waals surface area contributed by atoms with Crippen molar-refractivity contribution < 1.29 is 23.9 Å². The molecule has 7 nitrogen and oxygen atoms in total. The number of hydrogen-bond donors (Lipinski definition) is 2. The van der Waals surface area contributed by atoms with Gasteiger partial charge in [-0.05, 0) is 42.8 Å². The lowest BCUT2D eigenvalue weighted by molar-refractivity contribution is -0.127. The molecule has 2 amide bonds. The molecule has 0 unspecified atom stereocenters. The van der Waals surface area contributed by atoms with Crippen LogP contribution in [0.25, 0.3) is 0 Å². The van der Waals surface area contributed by atoms with Crippen molar-refractivity contribution >= 4 is 29.4 Å². The Bertz CT molecular complexity index is 868. The zero-order chi connectivity index (χ0) is 21.2. The van der Waals surface area contributed by atoms with E-state index >= 15 is 0 Å². The Balaban J connectivity index is 1.76. The zero-order valence-corrected chi connectivity index (χ0v) is 17.4. The van der Waals surface area contributed by atoms with Crippen LogP contribution in [-0.2, 0) is 21.8 Å². The molecular weight excluding hydrogens is 392 g/mol. The van der Waals surface area contributed by atoms with Crippen LogP contribution in [0.4, 0.5) is 0 Å². The lowest BCUT2D eigenvalue weighted by Crippen LogP contribution is -2.43. The van der Waals surface area contributed by atoms with Gasteiger partial charge in [0.1, 0.15) is 11.5 Å². The number of Topliss-reactive ketones (excluding diaryl/α,β-unsaturated/α-hetero) is 1. The fraction of sp³-hybridized carbons (Fsp3) is 0.286. The van der Waals surface area contributed by atoms with Gasteiger partial charge in [-0.3, -0.25) is 25.2 Å². The second-order valence-corrected chi connectivity index (χ2v) is 7.18. The van der Waals surface area contributed by atoms with Crippen molar-refractivity contribution in [1.29, 1.82) is 0 Å². The van der Waals surface area contributed by atoms with E-state index in [9.17, 15) is 14.4 Å². The Hall–Kier alpha value is -3.00. The van der Waals surface area contributed by atoms with Crippen molar-refractivity contribution in [3.8, 4) is 11.5 Å². The molecule has 29 heavy (non-hydrogen) atoms. The number of ether oxygens (including phenoxy) is 2. The summed E-state index contributed by atoms with van der Waals surface area (Å²) in [5.74, 6) is 1.36. The van der Waals surface area contributed by atoms with Crippen molar-refractivity contribution in [2.24, 2.45) is 0 Å². The van der Waals surface area contributed by atoms with E-state index in [4.69, 9.17) is 9.47 Å². The first-order valence-electron chi connectivity index (χ1n) is 8.89. The van der Waals surface area contributed by atoms with Gasteiger partial charge < -0.3 is 9.47 Å². The Morgan fingerprint density at radius 1 is 0.931 bits per heavy atom. The SMILES string of the molecule is COc1ccc(CC(=O)NNC(=O)CSCc2cc(C(C)=O)ccc2OC)cc1. The normalized spacial score (nSPS) is 10.2. The van der Waals surface area contributed by atoms with Crippen LogP contribution >= 0.6 is 11.8 Å². The van der Waals surface area contributed by atoms with Gasteiger partial charge in [0, 0.05) is 16.9 Å². The number of ketones is 1. The van der Waals surface area contributed by atoms with Crippen LogP contribution in [0.2, 0.25) is 0 Å². The molecular formula is C21H24N2O5S. The Labute approximate surface area is 174 Å². The number of nitrogens with one attached hydrogen (secondary N) is 2. The number of rotatable bonds is 9. The summed E-state index contributed by atoms with van der Waals surface area (Å²) < 4.78 is 10.4.